The van der Waals surface area contributed by atoms with Crippen LogP contribution in [0.15, 0.2) is 18.3 Å². The Hall–Kier alpha value is -1.29. The Labute approximate surface area is 96.3 Å². The van der Waals surface area contributed by atoms with Crippen LogP contribution in [-0.2, 0) is 11.2 Å². The van der Waals surface area contributed by atoms with Gasteiger partial charge in [0.25, 0.3) is 0 Å². The first-order valence-electron chi connectivity index (χ1n) is 5.67. The molecule has 0 aliphatic rings. The van der Waals surface area contributed by atoms with Crippen molar-refractivity contribution in [3.8, 4) is 0 Å². The Morgan fingerprint density at radius 2 is 2.38 bits per heavy atom. The maximum absolute atomic E-state index is 10.5. The Kier molecular flexibility index (Phi) is 5.05. The van der Waals surface area contributed by atoms with E-state index in [0.29, 0.717) is 12.6 Å². The van der Waals surface area contributed by atoms with Crippen LogP contribution in [0.25, 0.3) is 0 Å². The largest absolute Gasteiger partial charge is 0.481 e. The summed E-state index contributed by atoms with van der Waals surface area (Å²) in [5.41, 5.74) is 1.20. The van der Waals surface area contributed by atoms with Gasteiger partial charge in [-0.25, -0.2) is 0 Å². The van der Waals surface area contributed by atoms with Gasteiger partial charge in [-0.05, 0) is 25.6 Å². The molecule has 0 saturated heterocycles. The van der Waals surface area contributed by atoms with Crippen LogP contribution in [0.5, 0.6) is 0 Å². The second-order valence-electron chi connectivity index (χ2n) is 4.09. The minimum Gasteiger partial charge on any atom is -0.481 e. The molecule has 0 fully saturated rings. The molecule has 1 unspecified atom stereocenters. The number of likely N-dealkylation sites (N-methyl/N-ethyl adjacent to an activating group) is 1. The molecular formula is C12H20N2O2. The lowest BCUT2D eigenvalue weighted by molar-refractivity contribution is -0.137. The highest BCUT2D eigenvalue weighted by Crippen LogP contribution is 2.09. The molecule has 0 bridgehead atoms. The number of nitrogens with one attached hydrogen (secondary N) is 1. The molecule has 1 aromatic heterocycles. The number of aromatic amines is 1. The number of hydrogen-bond donors (Lipinski definition) is 2. The number of nitrogens with zero attached hydrogens (tertiary/aromatic N) is 1. The number of hydrogen-bond acceptors (Lipinski definition) is 2. The third-order valence-corrected chi connectivity index (χ3v) is 2.89. The zero-order valence-electron chi connectivity index (χ0n) is 9.94. The Morgan fingerprint density at radius 1 is 1.62 bits per heavy atom. The monoisotopic (exact) mass is 224 g/mol. The summed E-state index contributed by atoms with van der Waals surface area (Å²) in [7, 11) is 1.99. The van der Waals surface area contributed by atoms with Gasteiger partial charge in [-0.3, -0.25) is 4.79 Å². The van der Waals surface area contributed by atoms with E-state index in [4.69, 9.17) is 5.11 Å². The molecule has 0 radical (unpaired) electrons. The van der Waals surface area contributed by atoms with Crippen molar-refractivity contribution in [1.29, 1.82) is 0 Å². The average Bonchev–Trinajstić information content (AvgIpc) is 2.75. The predicted octanol–water partition coefficient (Wildman–Crippen LogP) is 1.74. The summed E-state index contributed by atoms with van der Waals surface area (Å²) in [5.74, 6) is -0.735. The zero-order valence-corrected chi connectivity index (χ0v) is 9.94. The van der Waals surface area contributed by atoms with Gasteiger partial charge in [0.1, 0.15) is 0 Å². The lowest BCUT2D eigenvalue weighted by atomic mass is 10.1. The number of aliphatic carboxylic acids is 1. The molecule has 1 heterocycles. The van der Waals surface area contributed by atoms with E-state index in [1.807, 2.05) is 19.3 Å². The molecule has 2 N–H and O–H groups in total. The number of carboxylic acid groups (broad SMARTS) is 1. The van der Waals surface area contributed by atoms with Crippen molar-refractivity contribution in [2.75, 3.05) is 13.6 Å². The molecule has 0 amide bonds. The van der Waals surface area contributed by atoms with Crippen molar-refractivity contribution in [2.45, 2.75) is 32.2 Å². The highest BCUT2D eigenvalue weighted by molar-refractivity contribution is 5.66. The third kappa shape index (κ3) is 4.06. The molecule has 4 nitrogen and oxygen atoms in total. The maximum Gasteiger partial charge on any atom is 0.304 e. The number of carboxylic acids is 1. The molecule has 0 saturated carbocycles. The first-order valence-corrected chi connectivity index (χ1v) is 5.67. The van der Waals surface area contributed by atoms with Gasteiger partial charge in [0.05, 0.1) is 6.42 Å². The predicted molar refractivity (Wildman–Crippen MR) is 63.5 cm³/mol. The lowest BCUT2D eigenvalue weighted by Gasteiger charge is -2.26. The van der Waals surface area contributed by atoms with Crippen LogP contribution in [0.3, 0.4) is 0 Å². The minimum absolute atomic E-state index is 0.206. The standard InChI is InChI=1S/C12H20N2O2/c1-3-11(9-10-5-4-7-13-10)14(2)8-6-12(15)16/h4-5,7,11,13H,3,6,8-9H2,1-2H3,(H,15,16). The first kappa shape index (κ1) is 12.8. The fourth-order valence-electron chi connectivity index (χ4n) is 1.81. The van der Waals surface area contributed by atoms with E-state index >= 15 is 0 Å². The van der Waals surface area contributed by atoms with E-state index < -0.39 is 5.97 Å². The van der Waals surface area contributed by atoms with Crippen molar-refractivity contribution in [3.05, 3.63) is 24.0 Å². The molecule has 1 rings (SSSR count). The van der Waals surface area contributed by atoms with Crippen LogP contribution in [0.4, 0.5) is 0 Å². The Bertz CT molecular complexity index is 309. The van der Waals surface area contributed by atoms with Crippen LogP contribution in [0, 0.1) is 0 Å². The van der Waals surface area contributed by atoms with Crippen LogP contribution in [0.2, 0.25) is 0 Å². The van der Waals surface area contributed by atoms with Crippen molar-refractivity contribution in [2.24, 2.45) is 0 Å². The number of rotatable bonds is 7. The normalized spacial score (nSPS) is 12.9. The van der Waals surface area contributed by atoms with Crippen molar-refractivity contribution in [1.82, 2.24) is 9.88 Å². The smallest absolute Gasteiger partial charge is 0.304 e. The fraction of sp³-hybridized carbons (Fsp3) is 0.583. The SMILES string of the molecule is CCC(Cc1ccc[nH]1)N(C)CCC(=O)O. The molecule has 0 aliphatic carbocycles. The highest BCUT2D eigenvalue weighted by Gasteiger charge is 2.14. The van der Waals surface area contributed by atoms with Gasteiger partial charge in [0.15, 0.2) is 0 Å². The first-order chi connectivity index (χ1) is 7.63. The van der Waals surface area contributed by atoms with Gasteiger partial charge < -0.3 is 15.0 Å². The van der Waals surface area contributed by atoms with E-state index in [2.05, 4.69) is 22.9 Å². The lowest BCUT2D eigenvalue weighted by Crippen LogP contribution is -2.34. The van der Waals surface area contributed by atoms with E-state index in [1.165, 1.54) is 5.69 Å². The third-order valence-electron chi connectivity index (χ3n) is 2.89. The number of carbonyl (C=O) groups is 1. The maximum atomic E-state index is 10.5. The van der Waals surface area contributed by atoms with Gasteiger partial charge in [-0.1, -0.05) is 6.92 Å². The van der Waals surface area contributed by atoms with E-state index in [1.54, 1.807) is 0 Å². The van der Waals surface area contributed by atoms with Gasteiger partial charge in [-0.2, -0.15) is 0 Å². The van der Waals surface area contributed by atoms with Crippen LogP contribution in [-0.4, -0.2) is 40.6 Å². The van der Waals surface area contributed by atoms with Crippen molar-refractivity contribution in [3.63, 3.8) is 0 Å². The van der Waals surface area contributed by atoms with Gasteiger partial charge in [0.2, 0.25) is 0 Å². The van der Waals surface area contributed by atoms with E-state index in [-0.39, 0.29) is 6.42 Å². The summed E-state index contributed by atoms with van der Waals surface area (Å²) in [6, 6.07) is 4.45. The Balaban J connectivity index is 2.43. The van der Waals surface area contributed by atoms with Crippen molar-refractivity contribution >= 4 is 5.97 Å². The van der Waals surface area contributed by atoms with Gasteiger partial charge in [-0.15, -0.1) is 0 Å². The zero-order chi connectivity index (χ0) is 12.0. The van der Waals surface area contributed by atoms with Crippen LogP contribution < -0.4 is 0 Å². The summed E-state index contributed by atoms with van der Waals surface area (Å²) in [6.07, 6.45) is 4.09. The van der Waals surface area contributed by atoms with Crippen LogP contribution >= 0.6 is 0 Å². The molecule has 0 spiro atoms. The molecule has 90 valence electrons. The molecule has 1 atom stereocenters. The summed E-state index contributed by atoms with van der Waals surface area (Å²) in [5, 5.41) is 8.64. The van der Waals surface area contributed by atoms with Crippen molar-refractivity contribution < 1.29 is 9.90 Å². The topological polar surface area (TPSA) is 56.3 Å². The van der Waals surface area contributed by atoms with Crippen LogP contribution in [0.1, 0.15) is 25.5 Å². The fourth-order valence-corrected chi connectivity index (χ4v) is 1.81. The number of aromatic nitrogens is 1. The highest BCUT2D eigenvalue weighted by atomic mass is 16.4. The molecule has 0 aromatic carbocycles. The molecule has 16 heavy (non-hydrogen) atoms. The molecular weight excluding hydrogens is 204 g/mol. The Morgan fingerprint density at radius 3 is 2.88 bits per heavy atom. The second kappa shape index (κ2) is 6.33. The van der Waals surface area contributed by atoms with E-state index in [9.17, 15) is 4.79 Å². The van der Waals surface area contributed by atoms with Gasteiger partial charge in [0, 0.05) is 30.9 Å². The second-order valence-corrected chi connectivity index (χ2v) is 4.09. The number of H-pyrrole nitrogens is 1. The molecule has 0 aliphatic heterocycles. The quantitative estimate of drug-likeness (QED) is 0.741. The molecule has 1 aromatic rings. The summed E-state index contributed by atoms with van der Waals surface area (Å²) in [4.78, 5) is 15.8. The minimum atomic E-state index is -0.735. The average molecular weight is 224 g/mol. The summed E-state index contributed by atoms with van der Waals surface area (Å²) >= 11 is 0. The summed E-state index contributed by atoms with van der Waals surface area (Å²) < 4.78 is 0. The molecule has 4 heteroatoms. The van der Waals surface area contributed by atoms with Gasteiger partial charge >= 0.3 is 5.97 Å². The van der Waals surface area contributed by atoms with E-state index in [0.717, 1.165) is 12.8 Å². The summed E-state index contributed by atoms with van der Waals surface area (Å²) in [6.45, 7) is 2.74.